The van der Waals surface area contributed by atoms with Crippen LogP contribution in [0.25, 0.3) is 21.9 Å². The Bertz CT molecular complexity index is 1120. The Kier molecular flexibility index (Phi) is 4.39. The first-order valence-electron chi connectivity index (χ1n) is 8.20. The number of benzene rings is 3. The van der Waals surface area contributed by atoms with Crippen LogP contribution in [0, 0.1) is 6.92 Å². The van der Waals surface area contributed by atoms with Gasteiger partial charge in [0.05, 0.1) is 5.69 Å². The zero-order valence-electron chi connectivity index (χ0n) is 14.1. The third kappa shape index (κ3) is 3.30. The summed E-state index contributed by atoms with van der Waals surface area (Å²) in [5.74, 6) is 0.411. The lowest BCUT2D eigenvalue weighted by atomic mass is 10.1. The van der Waals surface area contributed by atoms with Crippen LogP contribution in [0.3, 0.4) is 0 Å². The number of ether oxygens (including phenoxy) is 1. The molecule has 0 fully saturated rings. The van der Waals surface area contributed by atoms with Crippen molar-refractivity contribution in [3.63, 3.8) is 0 Å². The highest BCUT2D eigenvalue weighted by Gasteiger charge is 2.10. The average Bonchev–Trinajstić information content (AvgIpc) is 3.00. The number of amides is 1. The normalized spacial score (nSPS) is 11.0. The van der Waals surface area contributed by atoms with Gasteiger partial charge in [-0.3, -0.25) is 4.79 Å². The highest BCUT2D eigenvalue weighted by atomic mass is 79.9. The number of carbonyl (C=O) groups excluding carboxylic acids is 1. The zero-order chi connectivity index (χ0) is 18.1. The molecule has 0 saturated carbocycles. The molecule has 0 spiro atoms. The number of hydrogen-bond donors (Lipinski definition) is 1. The van der Waals surface area contributed by atoms with Crippen LogP contribution in [0.15, 0.2) is 69.6 Å². The van der Waals surface area contributed by atoms with Crippen molar-refractivity contribution in [2.75, 3.05) is 11.9 Å². The molecule has 0 radical (unpaired) electrons. The molecule has 3 aromatic carbocycles. The Morgan fingerprint density at radius 3 is 2.69 bits per heavy atom. The van der Waals surface area contributed by atoms with Crippen LogP contribution < -0.4 is 10.1 Å². The predicted octanol–water partition coefficient (Wildman–Crippen LogP) is 5.67. The van der Waals surface area contributed by atoms with E-state index in [-0.39, 0.29) is 12.5 Å². The number of anilines is 1. The summed E-state index contributed by atoms with van der Waals surface area (Å²) in [6.45, 7) is 1.93. The summed E-state index contributed by atoms with van der Waals surface area (Å²) >= 11 is 3.45. The fraction of sp³-hybridized carbons (Fsp3) is 0.0952. The van der Waals surface area contributed by atoms with Crippen LogP contribution in [0.2, 0.25) is 0 Å². The molecule has 1 amide bonds. The van der Waals surface area contributed by atoms with Crippen LogP contribution in [-0.4, -0.2) is 12.5 Å². The van der Waals surface area contributed by atoms with Crippen molar-refractivity contribution in [1.82, 2.24) is 0 Å². The topological polar surface area (TPSA) is 51.5 Å². The molecule has 4 nitrogen and oxygen atoms in total. The smallest absolute Gasteiger partial charge is 0.262 e. The standard InChI is InChI=1S/C21H16BrNO3/c1-13-6-8-18(17(22)10-13)23-21(24)12-25-14-7-9-20-16(11-14)15-4-2-3-5-19(15)26-20/h2-11H,12H2,1H3,(H,23,24). The van der Waals surface area contributed by atoms with Gasteiger partial charge in [-0.1, -0.05) is 24.3 Å². The van der Waals surface area contributed by atoms with E-state index in [4.69, 9.17) is 9.15 Å². The number of nitrogens with one attached hydrogen (secondary N) is 1. The first-order chi connectivity index (χ1) is 12.6. The predicted molar refractivity (Wildman–Crippen MR) is 107 cm³/mol. The van der Waals surface area contributed by atoms with E-state index in [1.807, 2.05) is 61.5 Å². The first kappa shape index (κ1) is 16.7. The second-order valence-corrected chi connectivity index (χ2v) is 6.93. The second kappa shape index (κ2) is 6.84. The quantitative estimate of drug-likeness (QED) is 0.471. The molecule has 0 aliphatic heterocycles. The minimum Gasteiger partial charge on any atom is -0.484 e. The van der Waals surface area contributed by atoms with Crippen molar-refractivity contribution >= 4 is 49.5 Å². The van der Waals surface area contributed by atoms with Gasteiger partial charge in [0, 0.05) is 15.2 Å². The molecular formula is C21H16BrNO3. The number of carbonyl (C=O) groups is 1. The molecule has 130 valence electrons. The molecule has 0 bridgehead atoms. The summed E-state index contributed by atoms with van der Waals surface area (Å²) in [4.78, 5) is 12.2. The summed E-state index contributed by atoms with van der Waals surface area (Å²) in [5, 5.41) is 4.84. The van der Waals surface area contributed by atoms with Gasteiger partial charge in [-0.25, -0.2) is 0 Å². The van der Waals surface area contributed by atoms with Gasteiger partial charge in [-0.2, -0.15) is 0 Å². The summed E-state index contributed by atoms with van der Waals surface area (Å²) < 4.78 is 12.3. The number of aryl methyl sites for hydroxylation is 1. The van der Waals surface area contributed by atoms with Gasteiger partial charge in [0.15, 0.2) is 6.61 Å². The monoisotopic (exact) mass is 409 g/mol. The third-order valence-electron chi connectivity index (χ3n) is 4.12. The molecule has 4 aromatic rings. The maximum Gasteiger partial charge on any atom is 0.262 e. The Morgan fingerprint density at radius 2 is 1.85 bits per heavy atom. The van der Waals surface area contributed by atoms with E-state index >= 15 is 0 Å². The van der Waals surface area contributed by atoms with E-state index in [2.05, 4.69) is 21.2 Å². The molecule has 26 heavy (non-hydrogen) atoms. The molecule has 1 N–H and O–H groups in total. The number of fused-ring (bicyclic) bond motifs is 3. The summed E-state index contributed by atoms with van der Waals surface area (Å²) in [6, 6.07) is 19.2. The van der Waals surface area contributed by atoms with E-state index < -0.39 is 0 Å². The molecule has 1 aromatic heterocycles. The fourth-order valence-electron chi connectivity index (χ4n) is 2.85. The number of furan rings is 1. The van der Waals surface area contributed by atoms with Crippen LogP contribution in [0.4, 0.5) is 5.69 Å². The average molecular weight is 410 g/mol. The molecule has 0 atom stereocenters. The SMILES string of the molecule is Cc1ccc(NC(=O)COc2ccc3oc4ccccc4c3c2)c(Br)c1. The number of rotatable bonds is 4. The van der Waals surface area contributed by atoms with Crippen molar-refractivity contribution in [2.24, 2.45) is 0 Å². The van der Waals surface area contributed by atoms with Gasteiger partial charge in [0.1, 0.15) is 16.9 Å². The highest BCUT2D eigenvalue weighted by molar-refractivity contribution is 9.10. The summed E-state index contributed by atoms with van der Waals surface area (Å²) in [6.07, 6.45) is 0. The zero-order valence-corrected chi connectivity index (χ0v) is 15.7. The number of para-hydroxylation sites is 1. The van der Waals surface area contributed by atoms with E-state index in [0.29, 0.717) is 5.75 Å². The molecule has 0 aliphatic rings. The Morgan fingerprint density at radius 1 is 1.04 bits per heavy atom. The van der Waals surface area contributed by atoms with E-state index in [1.165, 1.54) is 0 Å². The largest absolute Gasteiger partial charge is 0.484 e. The van der Waals surface area contributed by atoms with E-state index in [0.717, 1.165) is 37.7 Å². The minimum atomic E-state index is -0.216. The van der Waals surface area contributed by atoms with Gasteiger partial charge in [0.25, 0.3) is 5.91 Å². The van der Waals surface area contributed by atoms with E-state index in [1.54, 1.807) is 6.07 Å². The molecule has 1 heterocycles. The summed E-state index contributed by atoms with van der Waals surface area (Å²) in [5.41, 5.74) is 3.47. The van der Waals surface area contributed by atoms with Crippen molar-refractivity contribution in [3.8, 4) is 5.75 Å². The Labute approximate surface area is 158 Å². The molecular weight excluding hydrogens is 394 g/mol. The molecule has 5 heteroatoms. The van der Waals surface area contributed by atoms with Crippen LogP contribution >= 0.6 is 15.9 Å². The molecule has 0 saturated heterocycles. The van der Waals surface area contributed by atoms with Gasteiger partial charge >= 0.3 is 0 Å². The minimum absolute atomic E-state index is 0.0679. The van der Waals surface area contributed by atoms with Gasteiger partial charge in [-0.15, -0.1) is 0 Å². The Hall–Kier alpha value is -2.79. The maximum absolute atomic E-state index is 12.2. The fourth-order valence-corrected chi connectivity index (χ4v) is 3.44. The lowest BCUT2D eigenvalue weighted by molar-refractivity contribution is -0.118. The highest BCUT2D eigenvalue weighted by Crippen LogP contribution is 2.31. The van der Waals surface area contributed by atoms with Crippen LogP contribution in [-0.2, 0) is 4.79 Å². The van der Waals surface area contributed by atoms with Crippen molar-refractivity contribution in [2.45, 2.75) is 6.92 Å². The first-order valence-corrected chi connectivity index (χ1v) is 8.99. The van der Waals surface area contributed by atoms with Gasteiger partial charge in [-0.05, 0) is 64.8 Å². The second-order valence-electron chi connectivity index (χ2n) is 6.08. The lowest BCUT2D eigenvalue weighted by Crippen LogP contribution is -2.20. The Balaban J connectivity index is 1.48. The van der Waals surface area contributed by atoms with Crippen molar-refractivity contribution < 1.29 is 13.9 Å². The number of hydrogen-bond acceptors (Lipinski definition) is 3. The van der Waals surface area contributed by atoms with Crippen molar-refractivity contribution in [3.05, 3.63) is 70.7 Å². The van der Waals surface area contributed by atoms with Crippen LogP contribution in [0.5, 0.6) is 5.75 Å². The summed E-state index contributed by atoms with van der Waals surface area (Å²) in [7, 11) is 0. The third-order valence-corrected chi connectivity index (χ3v) is 4.77. The van der Waals surface area contributed by atoms with E-state index in [9.17, 15) is 4.79 Å². The van der Waals surface area contributed by atoms with Crippen LogP contribution in [0.1, 0.15) is 5.56 Å². The van der Waals surface area contributed by atoms with Crippen molar-refractivity contribution in [1.29, 1.82) is 0 Å². The number of halogens is 1. The van der Waals surface area contributed by atoms with Gasteiger partial charge in [0.2, 0.25) is 0 Å². The molecule has 0 aliphatic carbocycles. The van der Waals surface area contributed by atoms with Gasteiger partial charge < -0.3 is 14.5 Å². The lowest BCUT2D eigenvalue weighted by Gasteiger charge is -2.09. The molecule has 0 unspecified atom stereocenters. The maximum atomic E-state index is 12.2. The molecule has 4 rings (SSSR count).